The number of nitrogens with zero attached hydrogens (tertiary/aromatic N) is 1. The van der Waals surface area contributed by atoms with Crippen molar-refractivity contribution in [1.82, 2.24) is 4.98 Å². The van der Waals surface area contributed by atoms with Crippen molar-refractivity contribution < 1.29 is 18.8 Å². The zero-order valence-corrected chi connectivity index (χ0v) is 14.9. The first kappa shape index (κ1) is 16.6. The molecule has 2 fully saturated rings. The van der Waals surface area contributed by atoms with Gasteiger partial charge in [-0.3, -0.25) is 4.98 Å². The van der Waals surface area contributed by atoms with Gasteiger partial charge < -0.3 is 18.8 Å². The Labute approximate surface area is 138 Å². The lowest BCUT2D eigenvalue weighted by Crippen LogP contribution is -2.41. The molecule has 0 radical (unpaired) electrons. The van der Waals surface area contributed by atoms with E-state index in [0.29, 0.717) is 5.75 Å². The van der Waals surface area contributed by atoms with Gasteiger partial charge >= 0.3 is 7.12 Å². The summed E-state index contributed by atoms with van der Waals surface area (Å²) < 4.78 is 23.9. The normalized spacial score (nSPS) is 22.5. The van der Waals surface area contributed by atoms with Gasteiger partial charge in [0.1, 0.15) is 0 Å². The molecule has 0 N–H and O–H groups in total. The number of aromatic nitrogens is 1. The summed E-state index contributed by atoms with van der Waals surface area (Å²) in [5, 5.41) is 0. The van der Waals surface area contributed by atoms with Gasteiger partial charge in [-0.2, -0.15) is 0 Å². The van der Waals surface area contributed by atoms with Gasteiger partial charge in [-0.25, -0.2) is 0 Å². The largest absolute Gasteiger partial charge is 0.514 e. The van der Waals surface area contributed by atoms with E-state index in [-0.39, 0.29) is 23.4 Å². The highest BCUT2D eigenvalue weighted by Crippen LogP contribution is 2.37. The van der Waals surface area contributed by atoms with E-state index in [4.69, 9.17) is 18.8 Å². The lowest BCUT2D eigenvalue weighted by Gasteiger charge is -2.32. The van der Waals surface area contributed by atoms with Crippen LogP contribution in [-0.2, 0) is 9.31 Å². The van der Waals surface area contributed by atoms with Gasteiger partial charge in [0, 0.05) is 6.07 Å². The minimum atomic E-state index is -0.491. The van der Waals surface area contributed by atoms with Crippen molar-refractivity contribution in [2.45, 2.75) is 77.8 Å². The lowest BCUT2D eigenvalue weighted by atomic mass is 9.84. The van der Waals surface area contributed by atoms with Crippen LogP contribution < -0.4 is 15.1 Å². The summed E-state index contributed by atoms with van der Waals surface area (Å²) in [6, 6.07) is 1.89. The van der Waals surface area contributed by atoms with Crippen LogP contribution in [-0.4, -0.2) is 35.5 Å². The Morgan fingerprint density at radius 1 is 1.13 bits per heavy atom. The van der Waals surface area contributed by atoms with E-state index in [2.05, 4.69) is 4.98 Å². The molecule has 1 aliphatic heterocycles. The maximum Gasteiger partial charge on any atom is 0.514 e. The van der Waals surface area contributed by atoms with Crippen molar-refractivity contribution in [3.63, 3.8) is 0 Å². The van der Waals surface area contributed by atoms with Crippen molar-refractivity contribution in [1.29, 1.82) is 0 Å². The molecule has 126 valence electrons. The zero-order chi connectivity index (χ0) is 16.8. The lowest BCUT2D eigenvalue weighted by molar-refractivity contribution is 0.00578. The van der Waals surface area contributed by atoms with Crippen LogP contribution >= 0.6 is 0 Å². The minimum Gasteiger partial charge on any atom is -0.486 e. The van der Waals surface area contributed by atoms with Crippen molar-refractivity contribution in [2.75, 3.05) is 0 Å². The molecule has 23 heavy (non-hydrogen) atoms. The SMILES string of the molecule is CC(C)Oc1cnc(B2OC(C)(C)C(C)(C)O2)cc1OC1CC1. The molecule has 0 amide bonds. The van der Waals surface area contributed by atoms with Gasteiger partial charge in [0.2, 0.25) is 0 Å². The van der Waals surface area contributed by atoms with Crippen LogP contribution in [0.5, 0.6) is 11.5 Å². The highest BCUT2D eigenvalue weighted by atomic mass is 16.7. The van der Waals surface area contributed by atoms with Crippen LogP contribution in [0.25, 0.3) is 0 Å². The molecule has 2 aliphatic rings. The predicted octanol–water partition coefficient (Wildman–Crippen LogP) is 2.71. The van der Waals surface area contributed by atoms with E-state index < -0.39 is 7.12 Å². The maximum atomic E-state index is 6.07. The Bertz CT molecular complexity index is 568. The van der Waals surface area contributed by atoms with Crippen LogP contribution in [0.4, 0.5) is 0 Å². The second-order valence-electron chi connectivity index (χ2n) is 7.63. The average Bonchev–Trinajstić information content (AvgIpc) is 3.19. The van der Waals surface area contributed by atoms with Crippen LogP contribution in [0.3, 0.4) is 0 Å². The summed E-state index contributed by atoms with van der Waals surface area (Å²) >= 11 is 0. The molecule has 1 saturated heterocycles. The number of rotatable bonds is 5. The molecule has 0 unspecified atom stereocenters. The molecule has 1 aromatic rings. The maximum absolute atomic E-state index is 6.07. The standard InChI is InChI=1S/C17H26BNO4/c1-11(2)20-14-10-19-15(9-13(14)21-12-7-8-12)18-22-16(3,4)17(5,6)23-18/h9-12H,7-8H2,1-6H3. The van der Waals surface area contributed by atoms with Crippen LogP contribution in [0.1, 0.15) is 54.4 Å². The first-order valence-corrected chi connectivity index (χ1v) is 8.37. The minimum absolute atomic E-state index is 0.0704. The van der Waals surface area contributed by atoms with Crippen LogP contribution in [0, 0.1) is 0 Å². The second-order valence-corrected chi connectivity index (χ2v) is 7.63. The molecule has 1 aliphatic carbocycles. The molecule has 2 heterocycles. The summed E-state index contributed by atoms with van der Waals surface area (Å²) in [7, 11) is -0.491. The topological polar surface area (TPSA) is 49.8 Å². The van der Waals surface area contributed by atoms with E-state index >= 15 is 0 Å². The molecule has 5 nitrogen and oxygen atoms in total. The predicted molar refractivity (Wildman–Crippen MR) is 89.4 cm³/mol. The number of hydrogen-bond donors (Lipinski definition) is 0. The van der Waals surface area contributed by atoms with Crippen molar-refractivity contribution in [3.05, 3.63) is 12.3 Å². The first-order valence-electron chi connectivity index (χ1n) is 8.37. The third-order valence-electron chi connectivity index (χ3n) is 4.53. The first-order chi connectivity index (χ1) is 10.7. The highest BCUT2D eigenvalue weighted by molar-refractivity contribution is 6.61. The van der Waals surface area contributed by atoms with E-state index in [1.807, 2.05) is 47.6 Å². The second kappa shape index (κ2) is 5.67. The Hall–Kier alpha value is -1.27. The molecule has 3 rings (SSSR count). The molecule has 6 heteroatoms. The molecule has 0 aromatic carbocycles. The summed E-state index contributed by atoms with van der Waals surface area (Å²) in [5.74, 6) is 1.40. The molecule has 0 bridgehead atoms. The molecular weight excluding hydrogens is 293 g/mol. The molecule has 0 spiro atoms. The number of pyridine rings is 1. The average molecular weight is 319 g/mol. The molecule has 0 atom stereocenters. The number of hydrogen-bond acceptors (Lipinski definition) is 5. The molecule has 1 saturated carbocycles. The fourth-order valence-corrected chi connectivity index (χ4v) is 2.33. The van der Waals surface area contributed by atoms with Gasteiger partial charge in [-0.05, 0) is 54.4 Å². The van der Waals surface area contributed by atoms with Gasteiger partial charge in [0.05, 0.1) is 35.2 Å². The highest BCUT2D eigenvalue weighted by Gasteiger charge is 2.52. The quantitative estimate of drug-likeness (QED) is 0.781. The summed E-state index contributed by atoms with van der Waals surface area (Å²) in [4.78, 5) is 4.48. The Kier molecular flexibility index (Phi) is 4.09. The van der Waals surface area contributed by atoms with Crippen molar-refractivity contribution in [2.24, 2.45) is 0 Å². The smallest absolute Gasteiger partial charge is 0.486 e. The summed E-state index contributed by atoms with van der Waals surface area (Å²) in [5.41, 5.74) is -0.0519. The van der Waals surface area contributed by atoms with Crippen LogP contribution in [0.15, 0.2) is 12.3 Å². The third-order valence-corrected chi connectivity index (χ3v) is 4.53. The van der Waals surface area contributed by atoms with Gasteiger partial charge in [0.15, 0.2) is 11.5 Å². The van der Waals surface area contributed by atoms with E-state index in [9.17, 15) is 0 Å². The van der Waals surface area contributed by atoms with Gasteiger partial charge in [0.25, 0.3) is 0 Å². The fourth-order valence-electron chi connectivity index (χ4n) is 2.33. The molecular formula is C17H26BNO4. The van der Waals surface area contributed by atoms with Crippen molar-refractivity contribution >= 4 is 12.7 Å². The zero-order valence-electron chi connectivity index (χ0n) is 14.9. The van der Waals surface area contributed by atoms with Crippen molar-refractivity contribution in [3.8, 4) is 11.5 Å². The number of ether oxygens (including phenoxy) is 2. The summed E-state index contributed by atoms with van der Waals surface area (Å²) in [6.45, 7) is 12.1. The van der Waals surface area contributed by atoms with Gasteiger partial charge in [-0.15, -0.1) is 0 Å². The Morgan fingerprint density at radius 3 is 2.26 bits per heavy atom. The molecule has 1 aromatic heterocycles. The third kappa shape index (κ3) is 3.48. The summed E-state index contributed by atoms with van der Waals surface area (Å²) in [6.07, 6.45) is 4.25. The van der Waals surface area contributed by atoms with E-state index in [0.717, 1.165) is 24.2 Å². The monoisotopic (exact) mass is 319 g/mol. The Balaban J connectivity index is 1.85. The fraction of sp³-hybridized carbons (Fsp3) is 0.706. The van der Waals surface area contributed by atoms with E-state index in [1.54, 1.807) is 6.20 Å². The van der Waals surface area contributed by atoms with Crippen LogP contribution in [0.2, 0.25) is 0 Å². The van der Waals surface area contributed by atoms with Gasteiger partial charge in [-0.1, -0.05) is 0 Å². The van der Waals surface area contributed by atoms with E-state index in [1.165, 1.54) is 0 Å². The Morgan fingerprint density at radius 2 is 1.74 bits per heavy atom.